The Kier molecular flexibility index (Phi) is 9.16. The van der Waals surface area contributed by atoms with Crippen molar-refractivity contribution < 1.29 is 23.8 Å². The van der Waals surface area contributed by atoms with Gasteiger partial charge >= 0.3 is 10.8 Å². The molecule has 4 rings (SSSR count). The van der Waals surface area contributed by atoms with E-state index in [9.17, 15) is 9.59 Å². The molecule has 8 nitrogen and oxygen atoms in total. The molecule has 1 heterocycles. The van der Waals surface area contributed by atoms with Crippen molar-refractivity contribution >= 4 is 33.2 Å². The van der Waals surface area contributed by atoms with Gasteiger partial charge in [-0.05, 0) is 49.7 Å². The molecule has 38 heavy (non-hydrogen) atoms. The van der Waals surface area contributed by atoms with Crippen LogP contribution in [0.2, 0.25) is 0 Å². The maximum Gasteiger partial charge on any atom is 0.347 e. The van der Waals surface area contributed by atoms with Crippen molar-refractivity contribution in [2.75, 3.05) is 20.3 Å². The number of rotatable bonds is 12. The van der Waals surface area contributed by atoms with E-state index in [1.165, 1.54) is 18.4 Å². The summed E-state index contributed by atoms with van der Waals surface area (Å²) in [6, 6.07) is 22.6. The third-order valence-electron chi connectivity index (χ3n) is 5.78. The first-order chi connectivity index (χ1) is 18.5. The van der Waals surface area contributed by atoms with Crippen LogP contribution in [0.25, 0.3) is 10.2 Å². The number of esters is 1. The molecule has 0 saturated carbocycles. The number of carbonyl (C=O) groups is 1. The Morgan fingerprint density at radius 1 is 0.974 bits per heavy atom. The van der Waals surface area contributed by atoms with Crippen LogP contribution in [0.5, 0.6) is 11.5 Å². The molecule has 9 heteroatoms. The lowest BCUT2D eigenvalue weighted by Gasteiger charge is -2.16. The second-order valence-electron chi connectivity index (χ2n) is 8.28. The number of fused-ring (bicyclic) bond motifs is 1. The van der Waals surface area contributed by atoms with E-state index in [1.54, 1.807) is 35.8 Å². The van der Waals surface area contributed by atoms with E-state index in [2.05, 4.69) is 5.16 Å². The number of carbonyl (C=O) groups excluding carboxylic acids is 1. The van der Waals surface area contributed by atoms with E-state index in [-0.39, 0.29) is 10.8 Å². The lowest BCUT2D eigenvalue weighted by molar-refractivity contribution is -0.151. The zero-order valence-electron chi connectivity index (χ0n) is 21.6. The summed E-state index contributed by atoms with van der Waals surface area (Å²) < 4.78 is 19.2. The fourth-order valence-corrected chi connectivity index (χ4v) is 4.91. The molecule has 0 aliphatic rings. The molecule has 0 radical (unpaired) electrons. The molecule has 1 unspecified atom stereocenters. The van der Waals surface area contributed by atoms with Crippen molar-refractivity contribution in [1.82, 2.24) is 4.57 Å². The van der Waals surface area contributed by atoms with Gasteiger partial charge in [-0.3, -0.25) is 9.36 Å². The minimum Gasteiger partial charge on any atom is -0.492 e. The predicted molar refractivity (Wildman–Crippen MR) is 148 cm³/mol. The van der Waals surface area contributed by atoms with E-state index < -0.39 is 6.10 Å². The first-order valence-corrected chi connectivity index (χ1v) is 13.2. The molecule has 0 spiro atoms. The quantitative estimate of drug-likeness (QED) is 0.140. The Morgan fingerprint density at radius 2 is 1.71 bits per heavy atom. The summed E-state index contributed by atoms with van der Waals surface area (Å²) in [6.07, 6.45) is -0.139. The maximum absolute atomic E-state index is 12.8. The molecule has 0 amide bonds. The molecule has 0 N–H and O–H groups in total. The smallest absolute Gasteiger partial charge is 0.347 e. The summed E-state index contributed by atoms with van der Waals surface area (Å²) in [4.78, 5) is 29.7. The van der Waals surface area contributed by atoms with Crippen LogP contribution in [0.15, 0.2) is 82.7 Å². The lowest BCUT2D eigenvalue weighted by Crippen LogP contribution is -2.28. The van der Waals surface area contributed by atoms with Gasteiger partial charge in [0.25, 0.3) is 0 Å². The third-order valence-corrected chi connectivity index (χ3v) is 6.72. The molecule has 1 atom stereocenters. The number of nitrogens with zero attached hydrogens (tertiary/aromatic N) is 2. The summed E-state index contributed by atoms with van der Waals surface area (Å²) in [7, 11) is 1.52. The first kappa shape index (κ1) is 26.9. The number of oxime groups is 1. The summed E-state index contributed by atoms with van der Waals surface area (Å²) in [5.74, 6) is 0.817. The van der Waals surface area contributed by atoms with Crippen molar-refractivity contribution in [2.24, 2.45) is 5.16 Å². The monoisotopic (exact) mass is 534 g/mol. The molecule has 1 aromatic heterocycles. The molecule has 0 saturated heterocycles. The van der Waals surface area contributed by atoms with Crippen LogP contribution >= 0.6 is 11.3 Å². The van der Waals surface area contributed by atoms with Gasteiger partial charge in [-0.2, -0.15) is 0 Å². The largest absolute Gasteiger partial charge is 0.492 e. The predicted octanol–water partition coefficient (Wildman–Crippen LogP) is 5.26. The van der Waals surface area contributed by atoms with Gasteiger partial charge < -0.3 is 19.0 Å². The van der Waals surface area contributed by atoms with Gasteiger partial charge in [0.15, 0.2) is 6.10 Å². The van der Waals surface area contributed by atoms with Crippen molar-refractivity contribution in [3.8, 4) is 11.5 Å². The van der Waals surface area contributed by atoms with Crippen LogP contribution in [0, 0.1) is 0 Å². The highest BCUT2D eigenvalue weighted by molar-refractivity contribution is 7.16. The molecule has 0 aliphatic carbocycles. The summed E-state index contributed by atoms with van der Waals surface area (Å²) in [6.45, 7) is 4.65. The van der Waals surface area contributed by atoms with E-state index in [4.69, 9.17) is 19.0 Å². The zero-order chi connectivity index (χ0) is 26.9. The molecule has 3 aromatic carbocycles. The highest BCUT2D eigenvalue weighted by Gasteiger charge is 2.19. The molecular weight excluding hydrogens is 504 g/mol. The topological polar surface area (TPSA) is 88.4 Å². The fraction of sp³-hybridized carbons (Fsp3) is 0.276. The number of hydrogen-bond donors (Lipinski definition) is 0. The second-order valence-corrected chi connectivity index (χ2v) is 9.27. The zero-order valence-corrected chi connectivity index (χ0v) is 22.4. The number of thiazole rings is 1. The number of ether oxygens (including phenoxy) is 3. The summed E-state index contributed by atoms with van der Waals surface area (Å²) >= 11 is 1.19. The summed E-state index contributed by atoms with van der Waals surface area (Å²) in [5, 5.41) is 4.21. The van der Waals surface area contributed by atoms with Crippen molar-refractivity contribution in [3.05, 3.63) is 93.6 Å². The molecular formula is C29H30N2O6S. The summed E-state index contributed by atoms with van der Waals surface area (Å²) in [5.41, 5.74) is 3.33. The average molecular weight is 535 g/mol. The minimum atomic E-state index is -0.648. The standard InChI is InChI=1S/C29H30N2O6S/c1-4-25(28(32)35-5-2)37-23-14-12-22(13-15-23)36-18-17-31-24-16-11-21(19-26(24)38-29(31)33)27(30-34-3)20-9-7-6-8-10-20/h6-16,19,25H,4-5,17-18H2,1-3H3/b30-27+. The van der Waals surface area contributed by atoms with Gasteiger partial charge in [0.1, 0.15) is 30.9 Å². The van der Waals surface area contributed by atoms with Gasteiger partial charge in [-0.1, -0.05) is 59.8 Å². The molecule has 0 bridgehead atoms. The Bertz CT molecular complexity index is 1440. The SMILES string of the molecule is CCOC(=O)C(CC)Oc1ccc(OCCn2c(=O)sc3cc(/C(=N/OC)c4ccccc4)ccc32)cc1. The molecule has 198 valence electrons. The van der Waals surface area contributed by atoms with E-state index >= 15 is 0 Å². The van der Waals surface area contributed by atoms with Gasteiger partial charge in [-0.15, -0.1) is 0 Å². The Balaban J connectivity index is 1.42. The highest BCUT2D eigenvalue weighted by atomic mass is 32.1. The highest BCUT2D eigenvalue weighted by Crippen LogP contribution is 2.23. The van der Waals surface area contributed by atoms with Gasteiger partial charge in [-0.25, -0.2) is 4.79 Å². The van der Waals surface area contributed by atoms with Crippen LogP contribution in [0.4, 0.5) is 0 Å². The first-order valence-electron chi connectivity index (χ1n) is 12.4. The van der Waals surface area contributed by atoms with Crippen LogP contribution < -0.4 is 14.3 Å². The number of benzene rings is 3. The van der Waals surface area contributed by atoms with Gasteiger partial charge in [0.2, 0.25) is 0 Å². The van der Waals surface area contributed by atoms with Crippen LogP contribution in [-0.2, 0) is 20.9 Å². The van der Waals surface area contributed by atoms with Crippen LogP contribution in [-0.4, -0.2) is 42.7 Å². The lowest BCUT2D eigenvalue weighted by atomic mass is 10.0. The Labute approximate surface area is 225 Å². The fourth-order valence-electron chi connectivity index (χ4n) is 3.95. The van der Waals surface area contributed by atoms with Gasteiger partial charge in [0.05, 0.1) is 23.4 Å². The average Bonchev–Trinajstić information content (AvgIpc) is 3.25. The molecule has 0 aliphatic heterocycles. The second kappa shape index (κ2) is 12.9. The van der Waals surface area contributed by atoms with E-state index in [0.29, 0.717) is 43.4 Å². The van der Waals surface area contributed by atoms with Crippen LogP contribution in [0.3, 0.4) is 0 Å². The van der Waals surface area contributed by atoms with Crippen molar-refractivity contribution in [3.63, 3.8) is 0 Å². The third kappa shape index (κ3) is 6.41. The molecule has 0 fully saturated rings. The Hall–Kier alpha value is -4.11. The number of hydrogen-bond acceptors (Lipinski definition) is 8. The minimum absolute atomic E-state index is 0.0565. The van der Waals surface area contributed by atoms with Crippen LogP contribution in [0.1, 0.15) is 31.4 Å². The van der Waals surface area contributed by atoms with Crippen molar-refractivity contribution in [1.29, 1.82) is 0 Å². The van der Waals surface area contributed by atoms with Crippen molar-refractivity contribution in [2.45, 2.75) is 32.9 Å². The van der Waals surface area contributed by atoms with E-state index in [1.807, 2.05) is 55.5 Å². The molecule has 4 aromatic rings. The van der Waals surface area contributed by atoms with E-state index in [0.717, 1.165) is 21.3 Å². The normalized spacial score (nSPS) is 12.2. The van der Waals surface area contributed by atoms with Gasteiger partial charge in [0, 0.05) is 11.1 Å². The Morgan fingerprint density at radius 3 is 2.39 bits per heavy atom. The number of aromatic nitrogens is 1. The maximum atomic E-state index is 12.8.